The highest BCUT2D eigenvalue weighted by atomic mass is 15.0. The number of aromatic amines is 1. The van der Waals surface area contributed by atoms with Gasteiger partial charge >= 0.3 is 0 Å². The van der Waals surface area contributed by atoms with Gasteiger partial charge in [0.25, 0.3) is 0 Å². The fraction of sp³-hybridized carbons (Fsp3) is 0.176. The summed E-state index contributed by atoms with van der Waals surface area (Å²) in [7, 11) is 0. The second-order valence-corrected chi connectivity index (χ2v) is 5.06. The predicted molar refractivity (Wildman–Crippen MR) is 83.5 cm³/mol. The molecule has 0 unspecified atom stereocenters. The zero-order chi connectivity index (χ0) is 14.8. The molecule has 21 heavy (non-hydrogen) atoms. The lowest BCUT2D eigenvalue weighted by Gasteiger charge is -2.02. The van der Waals surface area contributed by atoms with Crippen molar-refractivity contribution in [3.8, 4) is 17.2 Å². The van der Waals surface area contributed by atoms with Crippen molar-refractivity contribution in [3.05, 3.63) is 53.9 Å². The van der Waals surface area contributed by atoms with Gasteiger partial charge in [-0.25, -0.2) is 4.98 Å². The topological polar surface area (TPSA) is 78.5 Å². The van der Waals surface area contributed by atoms with Crippen LogP contribution in [0.3, 0.4) is 0 Å². The summed E-state index contributed by atoms with van der Waals surface area (Å²) in [5, 5.41) is 8.84. The fourth-order valence-electron chi connectivity index (χ4n) is 2.31. The lowest BCUT2D eigenvalue weighted by atomic mass is 10.0. The molecule has 0 amide bonds. The lowest BCUT2D eigenvalue weighted by Crippen LogP contribution is -2.10. The molecule has 0 saturated heterocycles. The standard InChI is InChI=1S/C17H16N4/c1-2-14(19)17-20-15-8-7-13(9-16(15)21-17)12-5-3-11(10-18)4-6-12/h3-9,14H,2,19H2,1H3,(H,20,21)/t14-/m0/s1. The molecule has 0 spiro atoms. The summed E-state index contributed by atoms with van der Waals surface area (Å²) in [5.74, 6) is 0.824. The summed E-state index contributed by atoms with van der Waals surface area (Å²) >= 11 is 0. The molecule has 0 fully saturated rings. The van der Waals surface area contributed by atoms with Crippen molar-refractivity contribution >= 4 is 11.0 Å². The van der Waals surface area contributed by atoms with Gasteiger partial charge in [-0.1, -0.05) is 25.1 Å². The van der Waals surface area contributed by atoms with Crippen molar-refractivity contribution < 1.29 is 0 Å². The smallest absolute Gasteiger partial charge is 0.124 e. The van der Waals surface area contributed by atoms with Gasteiger partial charge in [0.1, 0.15) is 5.82 Å². The molecule has 1 aromatic heterocycles. The Balaban J connectivity index is 2.01. The van der Waals surface area contributed by atoms with Crippen LogP contribution < -0.4 is 5.73 Å². The van der Waals surface area contributed by atoms with Gasteiger partial charge in [-0.2, -0.15) is 5.26 Å². The number of nitrogens with zero attached hydrogens (tertiary/aromatic N) is 2. The van der Waals surface area contributed by atoms with Crippen LogP contribution in [-0.4, -0.2) is 9.97 Å². The molecule has 0 bridgehead atoms. The van der Waals surface area contributed by atoms with Gasteiger partial charge < -0.3 is 10.7 Å². The summed E-state index contributed by atoms with van der Waals surface area (Å²) < 4.78 is 0. The van der Waals surface area contributed by atoms with Crippen LogP contribution in [-0.2, 0) is 0 Å². The number of imidazole rings is 1. The summed E-state index contributed by atoms with van der Waals surface area (Å²) in [6.07, 6.45) is 0.850. The van der Waals surface area contributed by atoms with Crippen molar-refractivity contribution in [2.45, 2.75) is 19.4 Å². The van der Waals surface area contributed by atoms with Gasteiger partial charge in [0.2, 0.25) is 0 Å². The number of nitrogens with two attached hydrogens (primary N) is 1. The van der Waals surface area contributed by atoms with Crippen LogP contribution in [0, 0.1) is 11.3 Å². The quantitative estimate of drug-likeness (QED) is 0.768. The molecule has 104 valence electrons. The van der Waals surface area contributed by atoms with Crippen LogP contribution in [0.2, 0.25) is 0 Å². The molecule has 2 aromatic carbocycles. The van der Waals surface area contributed by atoms with Crippen LogP contribution in [0.5, 0.6) is 0 Å². The van der Waals surface area contributed by atoms with Crippen molar-refractivity contribution in [3.63, 3.8) is 0 Å². The van der Waals surface area contributed by atoms with Crippen molar-refractivity contribution in [1.29, 1.82) is 5.26 Å². The van der Waals surface area contributed by atoms with Gasteiger partial charge in [-0.05, 0) is 41.8 Å². The number of hydrogen-bond acceptors (Lipinski definition) is 3. The van der Waals surface area contributed by atoms with Gasteiger partial charge in [-0.3, -0.25) is 0 Å². The number of nitriles is 1. The SMILES string of the molecule is CC[C@H](N)c1nc2cc(-c3ccc(C#N)cc3)ccc2[nH]1. The molecule has 1 heterocycles. The Hall–Kier alpha value is -2.64. The highest BCUT2D eigenvalue weighted by Gasteiger charge is 2.10. The Morgan fingerprint density at radius 1 is 1.19 bits per heavy atom. The maximum Gasteiger partial charge on any atom is 0.124 e. The molecule has 0 radical (unpaired) electrons. The largest absolute Gasteiger partial charge is 0.341 e. The number of H-pyrrole nitrogens is 1. The first-order chi connectivity index (χ1) is 10.2. The van der Waals surface area contributed by atoms with Crippen molar-refractivity contribution in [2.24, 2.45) is 5.73 Å². The first-order valence-corrected chi connectivity index (χ1v) is 6.97. The predicted octanol–water partition coefficient (Wildman–Crippen LogP) is 3.51. The third kappa shape index (κ3) is 2.51. The molecule has 3 N–H and O–H groups in total. The minimum absolute atomic E-state index is 0.0595. The van der Waals surface area contributed by atoms with E-state index in [2.05, 4.69) is 16.0 Å². The third-order valence-corrected chi connectivity index (χ3v) is 3.64. The Labute approximate surface area is 123 Å². The van der Waals surface area contributed by atoms with Crippen LogP contribution in [0.15, 0.2) is 42.5 Å². The van der Waals surface area contributed by atoms with Crippen molar-refractivity contribution in [2.75, 3.05) is 0 Å². The van der Waals surface area contributed by atoms with E-state index >= 15 is 0 Å². The van der Waals surface area contributed by atoms with E-state index in [1.165, 1.54) is 0 Å². The maximum atomic E-state index is 8.84. The maximum absolute atomic E-state index is 8.84. The highest BCUT2D eigenvalue weighted by Crippen LogP contribution is 2.25. The van der Waals surface area contributed by atoms with Gasteiger partial charge in [0, 0.05) is 0 Å². The van der Waals surface area contributed by atoms with Crippen molar-refractivity contribution in [1.82, 2.24) is 9.97 Å². The molecule has 0 saturated carbocycles. The Morgan fingerprint density at radius 2 is 1.90 bits per heavy atom. The number of nitrogens with one attached hydrogen (secondary N) is 1. The van der Waals surface area contributed by atoms with E-state index in [1.807, 2.05) is 49.4 Å². The van der Waals surface area contributed by atoms with Gasteiger partial charge in [0.05, 0.1) is 28.7 Å². The molecule has 1 atom stereocenters. The van der Waals surface area contributed by atoms with E-state index in [-0.39, 0.29) is 6.04 Å². The van der Waals surface area contributed by atoms with Gasteiger partial charge in [0.15, 0.2) is 0 Å². The molecular formula is C17H16N4. The highest BCUT2D eigenvalue weighted by molar-refractivity contribution is 5.82. The number of aromatic nitrogens is 2. The van der Waals surface area contributed by atoms with E-state index in [9.17, 15) is 0 Å². The Bertz CT molecular complexity index is 809. The summed E-state index contributed by atoms with van der Waals surface area (Å²) in [5.41, 5.74) is 10.7. The summed E-state index contributed by atoms with van der Waals surface area (Å²) in [6, 6.07) is 15.7. The number of rotatable bonds is 3. The zero-order valence-electron chi connectivity index (χ0n) is 11.8. The first kappa shape index (κ1) is 13.3. The van der Waals surface area contributed by atoms with E-state index in [4.69, 9.17) is 11.0 Å². The molecule has 4 nitrogen and oxygen atoms in total. The minimum Gasteiger partial charge on any atom is -0.341 e. The van der Waals surface area contributed by atoms with Gasteiger partial charge in [-0.15, -0.1) is 0 Å². The first-order valence-electron chi connectivity index (χ1n) is 6.97. The van der Waals surface area contributed by atoms with Crippen LogP contribution >= 0.6 is 0 Å². The minimum atomic E-state index is -0.0595. The molecule has 4 heteroatoms. The molecular weight excluding hydrogens is 260 g/mol. The lowest BCUT2D eigenvalue weighted by molar-refractivity contribution is 0.660. The van der Waals surface area contributed by atoms with Crippen LogP contribution in [0.25, 0.3) is 22.2 Å². The number of hydrogen-bond donors (Lipinski definition) is 2. The third-order valence-electron chi connectivity index (χ3n) is 3.64. The van der Waals surface area contributed by atoms with E-state index in [1.54, 1.807) is 0 Å². The van der Waals surface area contributed by atoms with E-state index in [0.29, 0.717) is 5.56 Å². The molecule has 0 aliphatic rings. The monoisotopic (exact) mass is 276 g/mol. The van der Waals surface area contributed by atoms with Crippen LogP contribution in [0.4, 0.5) is 0 Å². The second-order valence-electron chi connectivity index (χ2n) is 5.06. The summed E-state index contributed by atoms with van der Waals surface area (Å²) in [6.45, 7) is 2.04. The van der Waals surface area contributed by atoms with E-state index < -0.39 is 0 Å². The van der Waals surface area contributed by atoms with E-state index in [0.717, 1.165) is 34.4 Å². The summed E-state index contributed by atoms with van der Waals surface area (Å²) in [4.78, 5) is 7.83. The molecule has 0 aliphatic carbocycles. The normalized spacial score (nSPS) is 12.2. The molecule has 3 aromatic rings. The molecule has 0 aliphatic heterocycles. The average molecular weight is 276 g/mol. The zero-order valence-corrected chi connectivity index (χ0v) is 11.8. The van der Waals surface area contributed by atoms with Crippen LogP contribution in [0.1, 0.15) is 30.8 Å². The number of benzene rings is 2. The fourth-order valence-corrected chi connectivity index (χ4v) is 2.31. The second kappa shape index (κ2) is 5.39. The Morgan fingerprint density at radius 3 is 2.57 bits per heavy atom. The Kier molecular flexibility index (Phi) is 3.43. The average Bonchev–Trinajstić information content (AvgIpc) is 2.97. The molecule has 3 rings (SSSR count). The number of fused-ring (bicyclic) bond motifs is 1.